The molecule has 0 saturated carbocycles. The van der Waals surface area contributed by atoms with Gasteiger partial charge in [0.05, 0.1) is 25.3 Å². The molecule has 102 valence electrons. The van der Waals surface area contributed by atoms with Gasteiger partial charge >= 0.3 is 60.8 Å². The van der Waals surface area contributed by atoms with Crippen LogP contribution >= 0.6 is 0 Å². The topological polar surface area (TPSA) is 107 Å². The molecule has 0 spiro atoms. The van der Waals surface area contributed by atoms with Crippen molar-refractivity contribution in [1.82, 2.24) is 0 Å². The van der Waals surface area contributed by atoms with E-state index in [0.29, 0.717) is 0 Å². The summed E-state index contributed by atoms with van der Waals surface area (Å²) in [7, 11) is -2.69. The Balaban J connectivity index is 0.00000324. The van der Waals surface area contributed by atoms with Crippen LogP contribution in [0.1, 0.15) is 20.7 Å². The third kappa shape index (κ3) is 4.31. The molecule has 19 heavy (non-hydrogen) atoms. The Morgan fingerprint density at radius 1 is 1.05 bits per heavy atom. The number of methoxy groups -OCH3 is 2. The number of rotatable bonds is 3. The van der Waals surface area contributed by atoms with E-state index >= 15 is 0 Å². The van der Waals surface area contributed by atoms with Crippen LogP contribution in [0.2, 0.25) is 0 Å². The minimum absolute atomic E-state index is 0. The predicted molar refractivity (Wildman–Crippen MR) is 67.5 cm³/mol. The number of benzene rings is 1. The molecule has 0 atom stereocenters. The van der Waals surface area contributed by atoms with E-state index in [2.05, 4.69) is 9.47 Å². The fraction of sp³-hybridized carbons (Fsp3) is 0.200. The summed E-state index contributed by atoms with van der Waals surface area (Å²) in [5.41, 5.74) is -0.884. The number of esters is 2. The number of carbonyl (C=O) groups is 2. The molecule has 1 aromatic rings. The first kappa shape index (κ1) is 18.6. The first-order chi connectivity index (χ1) is 8.32. The van der Waals surface area contributed by atoms with E-state index < -0.39 is 38.1 Å². The number of ether oxygens (including phenoxy) is 2. The van der Waals surface area contributed by atoms with Gasteiger partial charge in [-0.05, 0) is 12.1 Å². The van der Waals surface area contributed by atoms with E-state index in [1.165, 1.54) is 6.07 Å². The van der Waals surface area contributed by atoms with E-state index in [0.717, 1.165) is 26.4 Å². The van der Waals surface area contributed by atoms with Gasteiger partial charge in [-0.3, -0.25) is 4.55 Å². The molecule has 9 heteroatoms. The molecule has 0 aliphatic heterocycles. The van der Waals surface area contributed by atoms with E-state index in [9.17, 15) is 18.0 Å². The second kappa shape index (κ2) is 7.43. The summed E-state index contributed by atoms with van der Waals surface area (Å²) in [6.45, 7) is 0. The zero-order valence-electron chi connectivity index (χ0n) is 9.54. The van der Waals surface area contributed by atoms with Gasteiger partial charge in [0.2, 0.25) is 0 Å². The van der Waals surface area contributed by atoms with Crippen LogP contribution in [0.3, 0.4) is 0 Å². The summed E-state index contributed by atoms with van der Waals surface area (Å²) in [6.07, 6.45) is 0. The van der Waals surface area contributed by atoms with Crippen LogP contribution < -0.4 is 0 Å². The Morgan fingerprint density at radius 2 is 1.42 bits per heavy atom. The molecule has 0 radical (unpaired) electrons. The van der Waals surface area contributed by atoms with Crippen molar-refractivity contribution in [3.63, 3.8) is 0 Å². The van der Waals surface area contributed by atoms with Crippen molar-refractivity contribution < 1.29 is 32.0 Å². The molecule has 0 saturated heterocycles. The number of hydrogen-bond acceptors (Lipinski definition) is 6. The van der Waals surface area contributed by atoms with Crippen LogP contribution in [0, 0.1) is 0 Å². The van der Waals surface area contributed by atoms with Crippen molar-refractivity contribution in [2.75, 3.05) is 14.2 Å². The SMILES string of the molecule is COC(=O)c1cccc(C(=O)OC)c1S(=O)(=O)O.[BaH2]. The van der Waals surface area contributed by atoms with Crippen molar-refractivity contribution in [2.45, 2.75) is 4.90 Å². The van der Waals surface area contributed by atoms with E-state index in [-0.39, 0.29) is 48.9 Å². The average Bonchev–Trinajstić information content (AvgIpc) is 2.34. The Kier molecular flexibility index (Phi) is 7.29. The van der Waals surface area contributed by atoms with Crippen LogP contribution in [0.4, 0.5) is 0 Å². The molecule has 1 aromatic carbocycles. The third-order valence-electron chi connectivity index (χ3n) is 2.08. The normalized spacial score (nSPS) is 10.3. The fourth-order valence-corrected chi connectivity index (χ4v) is 2.21. The van der Waals surface area contributed by atoms with E-state index in [4.69, 9.17) is 4.55 Å². The molecule has 0 unspecified atom stereocenters. The summed E-state index contributed by atoms with van der Waals surface area (Å²) in [5.74, 6) is -1.98. The Bertz CT molecular complexity index is 560. The maximum atomic E-state index is 11.4. The fourth-order valence-electron chi connectivity index (χ4n) is 1.36. The van der Waals surface area contributed by atoms with Crippen LogP contribution in [0.15, 0.2) is 23.1 Å². The van der Waals surface area contributed by atoms with Gasteiger partial charge in [-0.25, -0.2) is 9.59 Å². The number of carbonyl (C=O) groups excluding carboxylic acids is 2. The van der Waals surface area contributed by atoms with Crippen LogP contribution in [-0.4, -0.2) is 88.0 Å². The molecule has 0 bridgehead atoms. The molecule has 0 aliphatic rings. The summed E-state index contributed by atoms with van der Waals surface area (Å²) in [5, 5.41) is 0. The Morgan fingerprint density at radius 3 is 1.68 bits per heavy atom. The molecule has 0 aliphatic carbocycles. The number of hydrogen-bond donors (Lipinski definition) is 1. The van der Waals surface area contributed by atoms with Crippen molar-refractivity contribution in [1.29, 1.82) is 0 Å². The van der Waals surface area contributed by atoms with Gasteiger partial charge in [0.15, 0.2) is 0 Å². The maximum absolute atomic E-state index is 11.4. The van der Waals surface area contributed by atoms with Gasteiger partial charge in [0.25, 0.3) is 10.1 Å². The van der Waals surface area contributed by atoms with Gasteiger partial charge in [-0.1, -0.05) is 6.07 Å². The van der Waals surface area contributed by atoms with Crippen LogP contribution in [-0.2, 0) is 19.6 Å². The van der Waals surface area contributed by atoms with Gasteiger partial charge < -0.3 is 9.47 Å². The summed E-state index contributed by atoms with van der Waals surface area (Å²) >= 11 is 0. The summed E-state index contributed by atoms with van der Waals surface area (Å²) in [6, 6.07) is 3.50. The quantitative estimate of drug-likeness (QED) is 0.408. The summed E-state index contributed by atoms with van der Waals surface area (Å²) in [4.78, 5) is 22.0. The van der Waals surface area contributed by atoms with E-state index in [1.807, 2.05) is 0 Å². The standard InChI is InChI=1S/C10H10O7S.Ba.2H/c1-16-9(11)6-4-3-5-7(10(12)17-2)8(6)18(13,14)15;;;/h3-5H,1-2H3,(H,13,14,15);;;. The zero-order chi connectivity index (χ0) is 13.9. The molecule has 0 heterocycles. The monoisotopic (exact) mass is 414 g/mol. The predicted octanol–water partition coefficient (Wildman–Crippen LogP) is -0.410. The van der Waals surface area contributed by atoms with Gasteiger partial charge in [-0.2, -0.15) is 8.42 Å². The molecule has 0 aromatic heterocycles. The van der Waals surface area contributed by atoms with Gasteiger partial charge in [-0.15, -0.1) is 0 Å². The Labute approximate surface area is 150 Å². The van der Waals surface area contributed by atoms with Crippen molar-refractivity contribution in [2.24, 2.45) is 0 Å². The van der Waals surface area contributed by atoms with Crippen LogP contribution in [0.25, 0.3) is 0 Å². The zero-order valence-corrected chi connectivity index (χ0v) is 10.4. The summed E-state index contributed by atoms with van der Waals surface area (Å²) < 4.78 is 40.4. The van der Waals surface area contributed by atoms with Crippen molar-refractivity contribution in [3.05, 3.63) is 29.3 Å². The molecule has 0 fully saturated rings. The van der Waals surface area contributed by atoms with Gasteiger partial charge in [0.1, 0.15) is 4.90 Å². The third-order valence-corrected chi connectivity index (χ3v) is 3.04. The van der Waals surface area contributed by atoms with E-state index in [1.54, 1.807) is 0 Å². The molecular weight excluding hydrogens is 401 g/mol. The molecule has 1 rings (SSSR count). The molecule has 1 N–H and O–H groups in total. The second-order valence-corrected chi connectivity index (χ2v) is 4.50. The van der Waals surface area contributed by atoms with Crippen molar-refractivity contribution >= 4 is 70.9 Å². The minimum atomic E-state index is -4.78. The first-order valence-electron chi connectivity index (χ1n) is 4.60. The average molecular weight is 414 g/mol. The Hall–Kier alpha value is -0.359. The molecule has 0 amide bonds. The second-order valence-electron chi connectivity index (χ2n) is 3.14. The first-order valence-corrected chi connectivity index (χ1v) is 6.04. The van der Waals surface area contributed by atoms with Gasteiger partial charge in [0, 0.05) is 0 Å². The van der Waals surface area contributed by atoms with Crippen molar-refractivity contribution in [3.8, 4) is 0 Å². The van der Waals surface area contributed by atoms with Crippen LogP contribution in [0.5, 0.6) is 0 Å². The molecular formula is C10H12BaO7S. The molecule has 7 nitrogen and oxygen atoms in total.